The van der Waals surface area contributed by atoms with Crippen molar-refractivity contribution < 1.29 is 9.53 Å². The summed E-state index contributed by atoms with van der Waals surface area (Å²) in [6, 6.07) is 8.11. The number of hydrogen-bond acceptors (Lipinski definition) is 4. The molecule has 25 heavy (non-hydrogen) atoms. The van der Waals surface area contributed by atoms with Crippen LogP contribution in [0.1, 0.15) is 19.7 Å². The highest BCUT2D eigenvalue weighted by molar-refractivity contribution is 5.75. The van der Waals surface area contributed by atoms with E-state index in [0.717, 1.165) is 36.5 Å². The number of hydrogen-bond donors (Lipinski definition) is 1. The third kappa shape index (κ3) is 3.09. The second kappa shape index (κ2) is 6.64. The average Bonchev–Trinajstić information content (AvgIpc) is 3.17. The number of nitrogens with zero attached hydrogens (tertiary/aromatic N) is 2. The van der Waals surface area contributed by atoms with Crippen molar-refractivity contribution in [3.8, 4) is 0 Å². The van der Waals surface area contributed by atoms with Crippen molar-refractivity contribution >= 4 is 17.0 Å². The number of aromatic amines is 1. The molecule has 2 aliphatic rings. The number of imidazole rings is 1. The molecule has 1 N–H and O–H groups in total. The Bertz CT molecular complexity index is 764. The molecule has 132 valence electrons. The molecule has 2 heterocycles. The fourth-order valence-electron chi connectivity index (χ4n) is 4.40. The molecule has 0 bridgehead atoms. The molecule has 1 aromatic heterocycles. The SMILES string of the molecule is CCOC(=O)[C@@H]1[C@H]2CN(Cc3nc4ccccc4[nH]3)C[C@@H]2C=C[C@@H]1C. The maximum atomic E-state index is 12.4. The van der Waals surface area contributed by atoms with Gasteiger partial charge in [-0.05, 0) is 36.8 Å². The Labute approximate surface area is 148 Å². The highest BCUT2D eigenvalue weighted by Crippen LogP contribution is 2.40. The van der Waals surface area contributed by atoms with Crippen molar-refractivity contribution in [3.63, 3.8) is 0 Å². The van der Waals surface area contributed by atoms with Crippen LogP contribution in [0.3, 0.4) is 0 Å². The minimum absolute atomic E-state index is 0.0318. The molecule has 1 saturated heterocycles. The summed E-state index contributed by atoms with van der Waals surface area (Å²) in [5, 5.41) is 0. The summed E-state index contributed by atoms with van der Waals surface area (Å²) in [6.45, 7) is 7.13. The summed E-state index contributed by atoms with van der Waals surface area (Å²) in [5.41, 5.74) is 2.08. The first-order valence-electron chi connectivity index (χ1n) is 9.16. The van der Waals surface area contributed by atoms with Gasteiger partial charge in [0.15, 0.2) is 0 Å². The molecule has 4 atom stereocenters. The number of para-hydroxylation sites is 2. The summed E-state index contributed by atoms with van der Waals surface area (Å²) in [6.07, 6.45) is 4.48. The van der Waals surface area contributed by atoms with Gasteiger partial charge >= 0.3 is 5.97 Å². The van der Waals surface area contributed by atoms with Crippen LogP contribution in [0.2, 0.25) is 0 Å². The first kappa shape index (κ1) is 16.3. The molecule has 1 aromatic carbocycles. The minimum atomic E-state index is -0.0417. The number of aromatic nitrogens is 2. The van der Waals surface area contributed by atoms with E-state index in [1.807, 2.05) is 25.1 Å². The van der Waals surface area contributed by atoms with Crippen molar-refractivity contribution in [2.45, 2.75) is 20.4 Å². The Hall–Kier alpha value is -2.14. The molecule has 1 aliphatic heterocycles. The quantitative estimate of drug-likeness (QED) is 0.687. The van der Waals surface area contributed by atoms with Crippen LogP contribution in [-0.2, 0) is 16.1 Å². The average molecular weight is 339 g/mol. The van der Waals surface area contributed by atoms with Gasteiger partial charge in [0.25, 0.3) is 0 Å². The highest BCUT2D eigenvalue weighted by Gasteiger charge is 2.44. The Morgan fingerprint density at radius 1 is 1.32 bits per heavy atom. The van der Waals surface area contributed by atoms with Crippen molar-refractivity contribution in [3.05, 3.63) is 42.2 Å². The van der Waals surface area contributed by atoms with Crippen molar-refractivity contribution in [2.24, 2.45) is 23.7 Å². The highest BCUT2D eigenvalue weighted by atomic mass is 16.5. The van der Waals surface area contributed by atoms with Gasteiger partial charge in [0.2, 0.25) is 0 Å². The van der Waals surface area contributed by atoms with Crippen molar-refractivity contribution in [1.29, 1.82) is 0 Å². The largest absolute Gasteiger partial charge is 0.466 e. The second-order valence-corrected chi connectivity index (χ2v) is 7.24. The van der Waals surface area contributed by atoms with Gasteiger partial charge in [0.1, 0.15) is 5.82 Å². The summed E-state index contributed by atoms with van der Waals surface area (Å²) in [5.74, 6) is 1.92. The first-order valence-corrected chi connectivity index (χ1v) is 9.16. The van der Waals surface area contributed by atoms with Gasteiger partial charge in [0, 0.05) is 13.1 Å². The van der Waals surface area contributed by atoms with E-state index in [4.69, 9.17) is 4.74 Å². The molecule has 2 aromatic rings. The maximum Gasteiger partial charge on any atom is 0.309 e. The lowest BCUT2D eigenvalue weighted by atomic mass is 9.72. The molecule has 0 unspecified atom stereocenters. The van der Waals surface area contributed by atoms with Crippen molar-refractivity contribution in [2.75, 3.05) is 19.7 Å². The van der Waals surface area contributed by atoms with E-state index in [2.05, 4.69) is 40.0 Å². The lowest BCUT2D eigenvalue weighted by Gasteiger charge is -2.32. The van der Waals surface area contributed by atoms with Crippen LogP contribution in [0, 0.1) is 23.7 Å². The number of rotatable bonds is 4. The number of fused-ring (bicyclic) bond motifs is 2. The van der Waals surface area contributed by atoms with E-state index in [9.17, 15) is 4.79 Å². The molecule has 4 rings (SSSR count). The number of likely N-dealkylation sites (tertiary alicyclic amines) is 1. The fraction of sp³-hybridized carbons (Fsp3) is 0.500. The van der Waals surface area contributed by atoms with Gasteiger partial charge in [-0.15, -0.1) is 0 Å². The summed E-state index contributed by atoms with van der Waals surface area (Å²) < 4.78 is 5.34. The molecule has 0 amide bonds. The molecule has 5 heteroatoms. The van der Waals surface area contributed by atoms with Gasteiger partial charge in [-0.2, -0.15) is 0 Å². The lowest BCUT2D eigenvalue weighted by Crippen LogP contribution is -2.37. The maximum absolute atomic E-state index is 12.4. The Morgan fingerprint density at radius 2 is 2.16 bits per heavy atom. The molecular weight excluding hydrogens is 314 g/mol. The third-order valence-corrected chi connectivity index (χ3v) is 5.55. The zero-order chi connectivity index (χ0) is 17.4. The third-order valence-electron chi connectivity index (χ3n) is 5.55. The second-order valence-electron chi connectivity index (χ2n) is 7.24. The van der Waals surface area contributed by atoms with Crippen LogP contribution in [-0.4, -0.2) is 40.5 Å². The Balaban J connectivity index is 1.49. The van der Waals surface area contributed by atoms with Gasteiger partial charge in [-0.3, -0.25) is 9.69 Å². The smallest absolute Gasteiger partial charge is 0.309 e. The van der Waals surface area contributed by atoms with E-state index in [-0.39, 0.29) is 17.8 Å². The molecule has 1 fully saturated rings. The topological polar surface area (TPSA) is 58.2 Å². The predicted octanol–water partition coefficient (Wildman–Crippen LogP) is 3.00. The molecule has 1 aliphatic carbocycles. The monoisotopic (exact) mass is 339 g/mol. The summed E-state index contributed by atoms with van der Waals surface area (Å²) >= 11 is 0. The van der Waals surface area contributed by atoms with Crippen LogP contribution < -0.4 is 0 Å². The first-order chi connectivity index (χ1) is 12.2. The van der Waals surface area contributed by atoms with E-state index in [0.29, 0.717) is 18.4 Å². The fourth-order valence-corrected chi connectivity index (χ4v) is 4.40. The number of benzene rings is 1. The number of nitrogens with one attached hydrogen (secondary N) is 1. The predicted molar refractivity (Wildman–Crippen MR) is 96.8 cm³/mol. The van der Waals surface area contributed by atoms with Crippen LogP contribution in [0.25, 0.3) is 11.0 Å². The van der Waals surface area contributed by atoms with Gasteiger partial charge in [0.05, 0.1) is 30.1 Å². The van der Waals surface area contributed by atoms with E-state index < -0.39 is 0 Å². The van der Waals surface area contributed by atoms with E-state index in [1.165, 1.54) is 0 Å². The van der Waals surface area contributed by atoms with Gasteiger partial charge in [-0.25, -0.2) is 4.98 Å². The summed E-state index contributed by atoms with van der Waals surface area (Å²) in [7, 11) is 0. The van der Waals surface area contributed by atoms with Gasteiger partial charge < -0.3 is 9.72 Å². The van der Waals surface area contributed by atoms with E-state index >= 15 is 0 Å². The number of carbonyl (C=O) groups is 1. The number of carbonyl (C=O) groups excluding carboxylic acids is 1. The van der Waals surface area contributed by atoms with Crippen LogP contribution >= 0.6 is 0 Å². The van der Waals surface area contributed by atoms with E-state index in [1.54, 1.807) is 0 Å². The lowest BCUT2D eigenvalue weighted by molar-refractivity contribution is -0.152. The number of ether oxygens (including phenoxy) is 1. The number of allylic oxidation sites excluding steroid dienone is 1. The number of H-pyrrole nitrogens is 1. The minimum Gasteiger partial charge on any atom is -0.466 e. The Kier molecular flexibility index (Phi) is 4.34. The van der Waals surface area contributed by atoms with Crippen LogP contribution in [0.5, 0.6) is 0 Å². The Morgan fingerprint density at radius 3 is 2.96 bits per heavy atom. The van der Waals surface area contributed by atoms with Crippen molar-refractivity contribution in [1.82, 2.24) is 14.9 Å². The molecule has 0 saturated carbocycles. The molecule has 0 radical (unpaired) electrons. The molecule has 0 spiro atoms. The van der Waals surface area contributed by atoms with Crippen LogP contribution in [0.15, 0.2) is 36.4 Å². The normalized spacial score (nSPS) is 29.0. The van der Waals surface area contributed by atoms with Gasteiger partial charge in [-0.1, -0.05) is 31.2 Å². The standard InChI is InChI=1S/C20H25N3O2/c1-3-25-20(24)19-13(2)8-9-14-10-23(11-15(14)19)12-18-21-16-6-4-5-7-17(16)22-18/h4-9,13-15,19H,3,10-12H2,1-2H3,(H,21,22)/t13-,14-,15-,19-/m0/s1. The molecule has 5 nitrogen and oxygen atoms in total. The molecular formula is C20H25N3O2. The van der Waals surface area contributed by atoms with Crippen LogP contribution in [0.4, 0.5) is 0 Å². The summed E-state index contributed by atoms with van der Waals surface area (Å²) in [4.78, 5) is 22.9. The number of esters is 1. The zero-order valence-corrected chi connectivity index (χ0v) is 14.8. The zero-order valence-electron chi connectivity index (χ0n) is 14.8.